The van der Waals surface area contributed by atoms with Crippen LogP contribution in [0.25, 0.3) is 22.3 Å². The summed E-state index contributed by atoms with van der Waals surface area (Å²) in [4.78, 5) is 28.9. The Bertz CT molecular complexity index is 1790. The van der Waals surface area contributed by atoms with Crippen molar-refractivity contribution in [2.75, 3.05) is 37.4 Å². The zero-order valence-electron chi connectivity index (χ0n) is 23.1. The summed E-state index contributed by atoms with van der Waals surface area (Å²) in [5.74, 6) is -0.237. The summed E-state index contributed by atoms with van der Waals surface area (Å²) in [6, 6.07) is 12.6. The van der Waals surface area contributed by atoms with E-state index >= 15 is 0 Å². The quantitative estimate of drug-likeness (QED) is 0.283. The number of hydrogen-bond acceptors (Lipinski definition) is 9. The number of rotatable bonds is 8. The van der Waals surface area contributed by atoms with E-state index in [4.69, 9.17) is 9.97 Å². The van der Waals surface area contributed by atoms with Gasteiger partial charge < -0.3 is 20.6 Å². The van der Waals surface area contributed by atoms with Crippen LogP contribution in [0.15, 0.2) is 59.6 Å². The molecule has 12 heteroatoms. The molecule has 2 fully saturated rings. The number of piperazine rings is 1. The van der Waals surface area contributed by atoms with Gasteiger partial charge in [0.25, 0.3) is 5.91 Å². The maximum atomic E-state index is 14.7. The van der Waals surface area contributed by atoms with Crippen LogP contribution >= 0.6 is 0 Å². The van der Waals surface area contributed by atoms with Gasteiger partial charge in [-0.1, -0.05) is 6.07 Å². The number of halogens is 1. The third kappa shape index (κ3) is 5.96. The van der Waals surface area contributed by atoms with Crippen LogP contribution in [-0.2, 0) is 22.8 Å². The number of carbonyl (C=O) groups is 1. The summed E-state index contributed by atoms with van der Waals surface area (Å²) in [5, 5.41) is 16.4. The number of aromatic nitrogens is 3. The Morgan fingerprint density at radius 3 is 2.71 bits per heavy atom. The fourth-order valence-corrected chi connectivity index (χ4v) is 6.34. The molecule has 0 atom stereocenters. The van der Waals surface area contributed by atoms with Crippen molar-refractivity contribution in [3.63, 3.8) is 0 Å². The van der Waals surface area contributed by atoms with Gasteiger partial charge in [0.1, 0.15) is 11.6 Å². The number of fused-ring (bicyclic) bond motifs is 1. The zero-order chi connectivity index (χ0) is 29.5. The minimum Gasteiger partial charge on any atom is -0.396 e. The van der Waals surface area contributed by atoms with Crippen molar-refractivity contribution in [1.29, 1.82) is 0 Å². The molecule has 1 aromatic carbocycles. The van der Waals surface area contributed by atoms with Gasteiger partial charge in [-0.25, -0.2) is 22.8 Å². The van der Waals surface area contributed by atoms with Crippen LogP contribution in [0.5, 0.6) is 0 Å². The summed E-state index contributed by atoms with van der Waals surface area (Å²) >= 11 is 0. The molecule has 6 rings (SSSR count). The molecule has 1 saturated carbocycles. The normalized spacial score (nSPS) is 16.1. The minimum atomic E-state index is -3.59. The monoisotopic (exact) mass is 590 g/mol. The molecule has 0 unspecified atom stereocenters. The highest BCUT2D eigenvalue weighted by atomic mass is 32.2. The fourth-order valence-electron chi connectivity index (χ4n) is 5.35. The van der Waals surface area contributed by atoms with Crippen LogP contribution in [-0.4, -0.2) is 72.4 Å². The summed E-state index contributed by atoms with van der Waals surface area (Å²) in [7, 11) is -3.59. The van der Waals surface area contributed by atoms with Crippen molar-refractivity contribution >= 4 is 32.5 Å². The average Bonchev–Trinajstić information content (AvgIpc) is 3.72. The first-order valence-corrected chi connectivity index (χ1v) is 15.7. The van der Waals surface area contributed by atoms with E-state index in [1.165, 1.54) is 24.3 Å². The number of aliphatic hydroxyl groups excluding tert-OH is 1. The van der Waals surface area contributed by atoms with E-state index in [-0.39, 0.29) is 41.4 Å². The second-order valence-corrected chi connectivity index (χ2v) is 13.0. The second kappa shape index (κ2) is 11.0. The Hall–Kier alpha value is -4.00. The van der Waals surface area contributed by atoms with Crippen molar-refractivity contribution in [2.24, 2.45) is 0 Å². The van der Waals surface area contributed by atoms with Crippen LogP contribution in [0, 0.1) is 5.82 Å². The van der Waals surface area contributed by atoms with Crippen molar-refractivity contribution in [3.05, 3.63) is 77.4 Å². The van der Waals surface area contributed by atoms with Gasteiger partial charge in [-0.05, 0) is 55.2 Å². The van der Waals surface area contributed by atoms with E-state index in [9.17, 15) is 22.7 Å². The van der Waals surface area contributed by atoms with E-state index in [0.717, 1.165) is 44.1 Å². The van der Waals surface area contributed by atoms with Gasteiger partial charge in [-0.15, -0.1) is 0 Å². The van der Waals surface area contributed by atoms with Gasteiger partial charge in [0, 0.05) is 67.3 Å². The Morgan fingerprint density at radius 1 is 1.12 bits per heavy atom. The number of anilines is 1. The van der Waals surface area contributed by atoms with Crippen LogP contribution < -0.4 is 15.5 Å². The molecule has 1 saturated heterocycles. The highest BCUT2D eigenvalue weighted by molar-refractivity contribution is 7.90. The molecule has 1 amide bonds. The zero-order valence-corrected chi connectivity index (χ0v) is 23.9. The fraction of sp³-hybridized carbons (Fsp3) is 0.333. The van der Waals surface area contributed by atoms with Gasteiger partial charge in [0.2, 0.25) is 0 Å². The van der Waals surface area contributed by atoms with Gasteiger partial charge in [0.05, 0.1) is 34.0 Å². The average molecular weight is 591 g/mol. The minimum absolute atomic E-state index is 0.0165. The Kier molecular flexibility index (Phi) is 7.37. The standard InChI is InChI=1S/C30H31FN6O4S/c1-42(40,41)27-12-20(3-2-19(27)6-11-38)29(39)33-17-23-15-25-21(16-32-23)4-5-24(35-25)26-13-22(31)14-28(36-26)37-10-9-34-30(18-37)7-8-30/h2-5,12-16,34,38H,6-11,17-18H2,1H3,(H,33,39). The van der Waals surface area contributed by atoms with Crippen LogP contribution in [0.2, 0.25) is 0 Å². The molecule has 3 aromatic heterocycles. The molecule has 4 heterocycles. The highest BCUT2D eigenvalue weighted by Crippen LogP contribution is 2.38. The SMILES string of the molecule is CS(=O)(=O)c1cc(C(=O)NCc2cc3nc(-c4cc(F)cc(N5CCNC6(CC6)C5)n4)ccc3cn2)ccc1CCO. The van der Waals surface area contributed by atoms with Crippen molar-refractivity contribution in [1.82, 2.24) is 25.6 Å². The lowest BCUT2D eigenvalue weighted by Crippen LogP contribution is -2.52. The van der Waals surface area contributed by atoms with E-state index in [2.05, 4.69) is 20.5 Å². The number of benzene rings is 1. The Morgan fingerprint density at radius 2 is 1.95 bits per heavy atom. The van der Waals surface area contributed by atoms with Crippen molar-refractivity contribution < 1.29 is 22.7 Å². The molecule has 2 aliphatic rings. The molecule has 1 aliphatic heterocycles. The van der Waals surface area contributed by atoms with Crippen molar-refractivity contribution in [2.45, 2.75) is 36.2 Å². The molecule has 218 valence electrons. The highest BCUT2D eigenvalue weighted by Gasteiger charge is 2.45. The van der Waals surface area contributed by atoms with Gasteiger partial charge in [0.15, 0.2) is 9.84 Å². The number of pyridine rings is 3. The molecular weight excluding hydrogens is 559 g/mol. The topological polar surface area (TPSA) is 137 Å². The number of hydrogen-bond donors (Lipinski definition) is 3. The molecule has 0 bridgehead atoms. The molecule has 1 aliphatic carbocycles. The summed E-state index contributed by atoms with van der Waals surface area (Å²) in [5.41, 5.74) is 2.89. The van der Waals surface area contributed by atoms with Crippen molar-refractivity contribution in [3.8, 4) is 11.4 Å². The third-order valence-corrected chi connectivity index (χ3v) is 8.94. The summed E-state index contributed by atoms with van der Waals surface area (Å²) < 4.78 is 39.2. The van der Waals surface area contributed by atoms with E-state index in [0.29, 0.717) is 34.0 Å². The van der Waals surface area contributed by atoms with E-state index < -0.39 is 15.7 Å². The third-order valence-electron chi connectivity index (χ3n) is 7.76. The molecule has 42 heavy (non-hydrogen) atoms. The van der Waals surface area contributed by atoms with Crippen LogP contribution in [0.3, 0.4) is 0 Å². The van der Waals surface area contributed by atoms with E-state index in [1.807, 2.05) is 6.07 Å². The molecule has 10 nitrogen and oxygen atoms in total. The maximum absolute atomic E-state index is 14.7. The number of amides is 1. The summed E-state index contributed by atoms with van der Waals surface area (Å²) in [6.45, 7) is 2.27. The molecule has 1 spiro atoms. The predicted molar refractivity (Wildman–Crippen MR) is 156 cm³/mol. The Labute approximate surface area is 242 Å². The lowest BCUT2D eigenvalue weighted by atomic mass is 10.1. The number of nitrogens with one attached hydrogen (secondary N) is 2. The maximum Gasteiger partial charge on any atom is 0.251 e. The van der Waals surface area contributed by atoms with Gasteiger partial charge in [-0.3, -0.25) is 9.78 Å². The molecule has 3 N–H and O–H groups in total. The van der Waals surface area contributed by atoms with Gasteiger partial charge >= 0.3 is 0 Å². The lowest BCUT2D eigenvalue weighted by Gasteiger charge is -2.35. The van der Waals surface area contributed by atoms with Crippen LogP contribution in [0.1, 0.15) is 34.5 Å². The smallest absolute Gasteiger partial charge is 0.251 e. The molecular formula is C30H31FN6O4S. The molecule has 4 aromatic rings. The van der Waals surface area contributed by atoms with Crippen LogP contribution in [0.4, 0.5) is 10.2 Å². The first-order valence-electron chi connectivity index (χ1n) is 13.8. The lowest BCUT2D eigenvalue weighted by molar-refractivity contribution is 0.0950. The molecule has 0 radical (unpaired) electrons. The first kappa shape index (κ1) is 28.1. The summed E-state index contributed by atoms with van der Waals surface area (Å²) in [6.07, 6.45) is 5.13. The first-order chi connectivity index (χ1) is 20.1. The number of aliphatic hydroxyl groups is 1. The second-order valence-electron chi connectivity index (χ2n) is 11.0. The largest absolute Gasteiger partial charge is 0.396 e. The predicted octanol–water partition coefficient (Wildman–Crippen LogP) is 2.64. The number of carbonyl (C=O) groups excluding carboxylic acids is 1. The number of nitrogens with zero attached hydrogens (tertiary/aromatic N) is 4. The number of sulfone groups is 1. The van der Waals surface area contributed by atoms with Gasteiger partial charge in [-0.2, -0.15) is 0 Å². The van der Waals surface area contributed by atoms with E-state index in [1.54, 1.807) is 24.4 Å². The Balaban J connectivity index is 1.21.